The van der Waals surface area contributed by atoms with Gasteiger partial charge in [-0.15, -0.1) is 0 Å². The summed E-state index contributed by atoms with van der Waals surface area (Å²) in [5.41, 5.74) is -0.351. The molecule has 0 fully saturated rings. The van der Waals surface area contributed by atoms with E-state index in [-0.39, 0.29) is 23.5 Å². The van der Waals surface area contributed by atoms with Crippen molar-refractivity contribution in [1.82, 2.24) is 15.5 Å². The maximum Gasteiger partial charge on any atom is 0.408 e. The van der Waals surface area contributed by atoms with E-state index in [1.807, 2.05) is 34.6 Å². The van der Waals surface area contributed by atoms with Gasteiger partial charge in [-0.05, 0) is 85.1 Å². The molecule has 8 nitrogen and oxygen atoms in total. The van der Waals surface area contributed by atoms with Crippen LogP contribution in [0.1, 0.15) is 79.0 Å². The zero-order valence-corrected chi connectivity index (χ0v) is 22.7. The van der Waals surface area contributed by atoms with Crippen LogP contribution in [0.5, 0.6) is 5.75 Å². The molecule has 2 unspecified atom stereocenters. The lowest BCUT2D eigenvalue weighted by Crippen LogP contribution is -2.60. The number of hydrogen-bond donors (Lipinski definition) is 4. The molecule has 3 amide bonds. The first-order chi connectivity index (χ1) is 15.5. The van der Waals surface area contributed by atoms with Crippen molar-refractivity contribution in [3.8, 4) is 5.75 Å². The maximum atomic E-state index is 13.9. The summed E-state index contributed by atoms with van der Waals surface area (Å²) in [5, 5.41) is 15.5. The molecule has 0 radical (unpaired) electrons. The molecule has 0 saturated heterocycles. The van der Waals surface area contributed by atoms with Gasteiger partial charge in [-0.1, -0.05) is 13.0 Å². The number of carbonyl (C=O) groups is 3. The largest absolute Gasteiger partial charge is 0.508 e. The van der Waals surface area contributed by atoms with Gasteiger partial charge >= 0.3 is 6.09 Å². The summed E-state index contributed by atoms with van der Waals surface area (Å²) in [7, 11) is 0. The van der Waals surface area contributed by atoms with Crippen molar-refractivity contribution in [2.24, 2.45) is 0 Å². The van der Waals surface area contributed by atoms with E-state index in [1.54, 1.807) is 39.8 Å². The Morgan fingerprint density at radius 1 is 1.12 bits per heavy atom. The van der Waals surface area contributed by atoms with Gasteiger partial charge in [-0.25, -0.2) is 4.79 Å². The minimum Gasteiger partial charge on any atom is -0.508 e. The number of thiol groups is 1. The fourth-order valence-corrected chi connectivity index (χ4v) is 3.63. The van der Waals surface area contributed by atoms with Crippen molar-refractivity contribution >= 4 is 30.5 Å². The first-order valence-electron chi connectivity index (χ1n) is 11.6. The number of hydrogen-bond acceptors (Lipinski definition) is 6. The number of amides is 3. The fourth-order valence-electron chi connectivity index (χ4n) is 3.38. The van der Waals surface area contributed by atoms with Crippen LogP contribution in [0.15, 0.2) is 18.2 Å². The molecule has 0 saturated carbocycles. The van der Waals surface area contributed by atoms with Crippen LogP contribution in [0.25, 0.3) is 0 Å². The average molecular weight is 496 g/mol. The van der Waals surface area contributed by atoms with Gasteiger partial charge in [-0.3, -0.25) is 9.59 Å². The second-order valence-electron chi connectivity index (χ2n) is 10.4. The zero-order chi connectivity index (χ0) is 26.4. The molecule has 0 aliphatic carbocycles. The van der Waals surface area contributed by atoms with E-state index < -0.39 is 35.2 Å². The number of carbonyl (C=O) groups excluding carboxylic acids is 3. The Hall–Kier alpha value is -2.42. The van der Waals surface area contributed by atoms with Gasteiger partial charge < -0.3 is 25.4 Å². The molecule has 0 aliphatic rings. The lowest BCUT2D eigenvalue weighted by Gasteiger charge is -2.44. The van der Waals surface area contributed by atoms with Crippen LogP contribution < -0.4 is 10.6 Å². The summed E-state index contributed by atoms with van der Waals surface area (Å²) in [5.74, 6) is -0.701. The van der Waals surface area contributed by atoms with Crippen molar-refractivity contribution in [2.45, 2.75) is 98.0 Å². The number of ether oxygens (including phenoxy) is 1. The highest BCUT2D eigenvalue weighted by molar-refractivity contribution is 7.80. The second-order valence-corrected chi connectivity index (χ2v) is 10.7. The van der Waals surface area contributed by atoms with Crippen LogP contribution in [0.3, 0.4) is 0 Å². The van der Waals surface area contributed by atoms with Gasteiger partial charge in [0.15, 0.2) is 0 Å². The topological polar surface area (TPSA) is 108 Å². The number of rotatable bonds is 9. The number of benzene rings is 1. The molecular formula is C25H41N3O5S. The minimum atomic E-state index is -1.02. The SMILES string of the molecule is CCC(C)(C)N(C(=O)C(CS)NC(=O)OC(C)(C)C)C(C(=O)NC(C)C)c1ccc(O)c(C)c1. The Kier molecular flexibility index (Phi) is 10.3. The first-order valence-corrected chi connectivity index (χ1v) is 12.2. The molecule has 0 spiro atoms. The van der Waals surface area contributed by atoms with E-state index in [0.717, 1.165) is 0 Å². The predicted octanol–water partition coefficient (Wildman–Crippen LogP) is 4.11. The molecule has 0 bridgehead atoms. The molecule has 2 atom stereocenters. The van der Waals surface area contributed by atoms with E-state index in [1.165, 1.54) is 11.0 Å². The molecule has 1 aromatic rings. The van der Waals surface area contributed by atoms with Crippen molar-refractivity contribution in [3.05, 3.63) is 29.3 Å². The van der Waals surface area contributed by atoms with Crippen molar-refractivity contribution in [3.63, 3.8) is 0 Å². The number of phenols is 1. The quantitative estimate of drug-likeness (QED) is 0.386. The van der Waals surface area contributed by atoms with E-state index in [2.05, 4.69) is 23.3 Å². The van der Waals surface area contributed by atoms with Gasteiger partial charge in [-0.2, -0.15) is 12.6 Å². The van der Waals surface area contributed by atoms with E-state index in [4.69, 9.17) is 4.74 Å². The maximum absolute atomic E-state index is 13.9. The van der Waals surface area contributed by atoms with Crippen molar-refractivity contribution in [1.29, 1.82) is 0 Å². The third-order valence-corrected chi connectivity index (χ3v) is 5.77. The highest BCUT2D eigenvalue weighted by atomic mass is 32.1. The van der Waals surface area contributed by atoms with Crippen molar-refractivity contribution in [2.75, 3.05) is 5.75 Å². The predicted molar refractivity (Wildman–Crippen MR) is 137 cm³/mol. The molecule has 0 heterocycles. The van der Waals surface area contributed by atoms with Crippen LogP contribution in [-0.4, -0.2) is 56.9 Å². The molecular weight excluding hydrogens is 454 g/mol. The van der Waals surface area contributed by atoms with E-state index in [9.17, 15) is 19.5 Å². The number of nitrogens with one attached hydrogen (secondary N) is 2. The summed E-state index contributed by atoms with van der Waals surface area (Å²) >= 11 is 4.30. The van der Waals surface area contributed by atoms with Crippen LogP contribution in [0.2, 0.25) is 0 Å². The lowest BCUT2D eigenvalue weighted by atomic mass is 9.91. The number of nitrogens with zero attached hydrogens (tertiary/aromatic N) is 1. The standard InChI is InChI=1S/C25H41N3O5S/c1-10-25(8,9)28(22(31)18(14-34)27-23(32)33-24(5,6)7)20(21(30)26-15(2)3)17-11-12-19(29)16(4)13-17/h11-13,15,18,20,29,34H,10,14H2,1-9H3,(H,26,30)(H,27,32). The highest BCUT2D eigenvalue weighted by Crippen LogP contribution is 2.34. The molecule has 1 aromatic carbocycles. The third-order valence-electron chi connectivity index (χ3n) is 5.40. The monoisotopic (exact) mass is 495 g/mol. The van der Waals surface area contributed by atoms with Gasteiger partial charge in [0.2, 0.25) is 11.8 Å². The van der Waals surface area contributed by atoms with Crippen LogP contribution in [0, 0.1) is 6.92 Å². The van der Waals surface area contributed by atoms with Gasteiger partial charge in [0.1, 0.15) is 23.4 Å². The molecule has 0 aromatic heterocycles. The number of alkyl carbamates (subject to hydrolysis) is 1. The Bertz CT molecular complexity index is 880. The van der Waals surface area contributed by atoms with Crippen LogP contribution in [0.4, 0.5) is 4.79 Å². The molecule has 192 valence electrons. The summed E-state index contributed by atoms with van der Waals surface area (Å²) in [6.07, 6.45) is -0.190. The molecule has 34 heavy (non-hydrogen) atoms. The Morgan fingerprint density at radius 3 is 2.15 bits per heavy atom. The Labute approximate surface area is 209 Å². The first kappa shape index (κ1) is 29.6. The summed E-state index contributed by atoms with van der Waals surface area (Å²) in [6, 6.07) is 2.68. The molecule has 1 rings (SSSR count). The Morgan fingerprint density at radius 2 is 1.71 bits per heavy atom. The van der Waals surface area contributed by atoms with Gasteiger partial charge in [0.05, 0.1) is 0 Å². The smallest absolute Gasteiger partial charge is 0.408 e. The summed E-state index contributed by atoms with van der Waals surface area (Å²) < 4.78 is 5.32. The normalized spacial score (nSPS) is 13.7. The highest BCUT2D eigenvalue weighted by Gasteiger charge is 2.43. The summed E-state index contributed by atoms with van der Waals surface area (Å²) in [4.78, 5) is 41.3. The lowest BCUT2D eigenvalue weighted by molar-refractivity contribution is -0.149. The fraction of sp³-hybridized carbons (Fsp3) is 0.640. The zero-order valence-electron chi connectivity index (χ0n) is 21.9. The van der Waals surface area contributed by atoms with Crippen molar-refractivity contribution < 1.29 is 24.2 Å². The van der Waals surface area contributed by atoms with E-state index in [0.29, 0.717) is 17.5 Å². The second kappa shape index (κ2) is 11.8. The molecule has 9 heteroatoms. The van der Waals surface area contributed by atoms with E-state index >= 15 is 0 Å². The minimum absolute atomic E-state index is 0.0154. The number of aryl methyl sites for hydroxylation is 1. The van der Waals surface area contributed by atoms with Gasteiger partial charge in [0.25, 0.3) is 0 Å². The van der Waals surface area contributed by atoms with Crippen LogP contribution in [-0.2, 0) is 14.3 Å². The average Bonchev–Trinajstić information content (AvgIpc) is 2.69. The third kappa shape index (κ3) is 8.11. The van der Waals surface area contributed by atoms with Crippen LogP contribution >= 0.6 is 12.6 Å². The number of aromatic hydroxyl groups is 1. The molecule has 3 N–H and O–H groups in total. The molecule has 0 aliphatic heterocycles. The summed E-state index contributed by atoms with van der Waals surface area (Å²) in [6.45, 7) is 16.3. The van der Waals surface area contributed by atoms with Gasteiger partial charge in [0, 0.05) is 17.3 Å². The number of phenolic OH excluding ortho intramolecular Hbond substituents is 1. The Balaban J connectivity index is 3.58.